The first-order valence-electron chi connectivity index (χ1n) is 6.01. The summed E-state index contributed by atoms with van der Waals surface area (Å²) in [5, 5.41) is 8.81. The number of hydrogen-bond donors (Lipinski definition) is 2. The van der Waals surface area contributed by atoms with Crippen LogP contribution in [-0.4, -0.2) is 23.2 Å². The topological polar surface area (TPSA) is 85.4 Å². The molecule has 0 saturated carbocycles. The Hall–Kier alpha value is -2.41. The van der Waals surface area contributed by atoms with Crippen molar-refractivity contribution in [3.05, 3.63) is 40.3 Å². The summed E-state index contributed by atoms with van der Waals surface area (Å²) in [6.07, 6.45) is 0. The molecule has 1 aromatic carbocycles. The van der Waals surface area contributed by atoms with Crippen molar-refractivity contribution >= 4 is 23.3 Å². The molecular weight excluding hydrogens is 318 g/mol. The Balaban J connectivity index is 2.70. The number of alkyl halides is 1. The van der Waals surface area contributed by atoms with Crippen molar-refractivity contribution in [2.75, 3.05) is 12.8 Å². The van der Waals surface area contributed by atoms with Crippen LogP contribution in [0, 0.1) is 5.82 Å². The third-order valence-electron chi connectivity index (χ3n) is 2.99. The summed E-state index contributed by atoms with van der Waals surface area (Å²) in [5.74, 6) is -2.53. The van der Waals surface area contributed by atoms with Crippen LogP contribution in [0.3, 0.4) is 0 Å². The molecular formula is C14H11ClF2N2O3. The zero-order valence-electron chi connectivity index (χ0n) is 11.4. The van der Waals surface area contributed by atoms with Gasteiger partial charge in [-0.1, -0.05) is 17.7 Å². The van der Waals surface area contributed by atoms with Crippen LogP contribution in [0.5, 0.6) is 5.75 Å². The molecule has 0 saturated heterocycles. The molecule has 0 aliphatic heterocycles. The van der Waals surface area contributed by atoms with Crippen LogP contribution in [0.25, 0.3) is 11.3 Å². The molecule has 1 aromatic heterocycles. The van der Waals surface area contributed by atoms with E-state index in [-0.39, 0.29) is 33.3 Å². The largest absolute Gasteiger partial charge is 0.493 e. The molecule has 1 heterocycles. The van der Waals surface area contributed by atoms with Gasteiger partial charge in [0, 0.05) is 11.1 Å². The monoisotopic (exact) mass is 328 g/mol. The van der Waals surface area contributed by atoms with E-state index in [9.17, 15) is 13.6 Å². The number of nitrogens with zero attached hydrogens (tertiary/aromatic N) is 1. The summed E-state index contributed by atoms with van der Waals surface area (Å²) in [6.45, 7) is -0.906. The molecule has 2 rings (SSSR count). The van der Waals surface area contributed by atoms with E-state index in [1.807, 2.05) is 0 Å². The van der Waals surface area contributed by atoms with E-state index in [1.54, 1.807) is 0 Å². The molecule has 22 heavy (non-hydrogen) atoms. The number of anilines is 1. The van der Waals surface area contributed by atoms with Crippen molar-refractivity contribution in [2.45, 2.75) is 6.67 Å². The third kappa shape index (κ3) is 2.67. The smallest absolute Gasteiger partial charge is 0.356 e. The Morgan fingerprint density at radius 3 is 2.73 bits per heavy atom. The standard InChI is InChI=1S/C14H11ClF2N2O3/c1-22-13-6(5-16)2-3-7(11(13)17)9-4-8(18)10(15)12(19-9)14(20)21/h2-4H,5H2,1H3,(H2,18,19)(H,20,21). The van der Waals surface area contributed by atoms with Gasteiger partial charge in [0.15, 0.2) is 17.3 Å². The van der Waals surface area contributed by atoms with Crippen LogP contribution in [0.1, 0.15) is 16.1 Å². The molecule has 0 bridgehead atoms. The Labute approximate surface area is 129 Å². The van der Waals surface area contributed by atoms with Gasteiger partial charge in [0.25, 0.3) is 0 Å². The summed E-state index contributed by atoms with van der Waals surface area (Å²) in [6, 6.07) is 3.83. The van der Waals surface area contributed by atoms with Gasteiger partial charge in [-0.2, -0.15) is 0 Å². The SMILES string of the molecule is COc1c(CF)ccc(-c2cc(N)c(Cl)c(C(=O)O)n2)c1F. The summed E-state index contributed by atoms with van der Waals surface area (Å²) < 4.78 is 32.1. The van der Waals surface area contributed by atoms with Gasteiger partial charge < -0.3 is 15.6 Å². The number of carboxylic acids is 1. The van der Waals surface area contributed by atoms with E-state index in [0.29, 0.717) is 0 Å². The highest BCUT2D eigenvalue weighted by atomic mass is 35.5. The van der Waals surface area contributed by atoms with Crippen LogP contribution in [-0.2, 0) is 6.67 Å². The van der Waals surface area contributed by atoms with Crippen LogP contribution >= 0.6 is 11.6 Å². The Morgan fingerprint density at radius 2 is 2.18 bits per heavy atom. The number of pyridine rings is 1. The maximum Gasteiger partial charge on any atom is 0.356 e. The molecule has 3 N–H and O–H groups in total. The van der Waals surface area contributed by atoms with Gasteiger partial charge in [-0.3, -0.25) is 0 Å². The van der Waals surface area contributed by atoms with E-state index in [4.69, 9.17) is 27.2 Å². The Kier molecular flexibility index (Phi) is 4.46. The van der Waals surface area contributed by atoms with Crippen molar-refractivity contribution < 1.29 is 23.4 Å². The van der Waals surface area contributed by atoms with E-state index >= 15 is 0 Å². The third-order valence-corrected chi connectivity index (χ3v) is 3.39. The lowest BCUT2D eigenvalue weighted by Crippen LogP contribution is -2.06. The number of rotatable bonds is 4. The normalized spacial score (nSPS) is 10.5. The highest BCUT2D eigenvalue weighted by Gasteiger charge is 2.20. The molecule has 0 amide bonds. The lowest BCUT2D eigenvalue weighted by molar-refractivity contribution is 0.0691. The fourth-order valence-electron chi connectivity index (χ4n) is 1.95. The lowest BCUT2D eigenvalue weighted by Gasteiger charge is -2.12. The van der Waals surface area contributed by atoms with Crippen molar-refractivity contribution in [3.8, 4) is 17.0 Å². The van der Waals surface area contributed by atoms with Gasteiger partial charge in [0.05, 0.1) is 23.5 Å². The second-order valence-electron chi connectivity index (χ2n) is 4.32. The number of carbonyl (C=O) groups is 1. The molecule has 0 atom stereocenters. The minimum Gasteiger partial charge on any atom is -0.493 e. The molecule has 8 heteroatoms. The molecule has 0 aliphatic carbocycles. The average Bonchev–Trinajstić information content (AvgIpc) is 2.49. The first-order chi connectivity index (χ1) is 10.4. The summed E-state index contributed by atoms with van der Waals surface area (Å²) >= 11 is 5.76. The van der Waals surface area contributed by atoms with Gasteiger partial charge in [0.1, 0.15) is 6.67 Å². The number of benzene rings is 1. The Morgan fingerprint density at radius 1 is 1.50 bits per heavy atom. The van der Waals surface area contributed by atoms with Gasteiger partial charge in [-0.15, -0.1) is 0 Å². The molecule has 0 unspecified atom stereocenters. The van der Waals surface area contributed by atoms with E-state index in [1.165, 1.54) is 25.3 Å². The van der Waals surface area contributed by atoms with E-state index in [2.05, 4.69) is 4.98 Å². The molecule has 5 nitrogen and oxygen atoms in total. The number of nitrogens with two attached hydrogens (primary N) is 1. The fraction of sp³-hybridized carbons (Fsp3) is 0.143. The average molecular weight is 329 g/mol. The number of carboxylic acid groups (broad SMARTS) is 1. The first-order valence-corrected chi connectivity index (χ1v) is 6.39. The number of methoxy groups -OCH3 is 1. The van der Waals surface area contributed by atoms with Crippen LogP contribution < -0.4 is 10.5 Å². The molecule has 0 spiro atoms. The second kappa shape index (κ2) is 6.15. The van der Waals surface area contributed by atoms with E-state index in [0.717, 1.165) is 0 Å². The quantitative estimate of drug-likeness (QED) is 0.899. The number of ether oxygens (including phenoxy) is 1. The number of aromatic nitrogens is 1. The second-order valence-corrected chi connectivity index (χ2v) is 4.70. The first kappa shape index (κ1) is 16.0. The highest BCUT2D eigenvalue weighted by Crippen LogP contribution is 2.34. The molecule has 116 valence electrons. The highest BCUT2D eigenvalue weighted by molar-refractivity contribution is 6.35. The van der Waals surface area contributed by atoms with Crippen LogP contribution in [0.4, 0.5) is 14.5 Å². The summed E-state index contributed by atoms with van der Waals surface area (Å²) in [4.78, 5) is 14.9. The van der Waals surface area contributed by atoms with Crippen LogP contribution in [0.15, 0.2) is 18.2 Å². The molecule has 0 fully saturated rings. The predicted octanol–water partition coefficient (Wildman–Crippen LogP) is 3.30. The van der Waals surface area contributed by atoms with Gasteiger partial charge in [0.2, 0.25) is 0 Å². The van der Waals surface area contributed by atoms with Gasteiger partial charge >= 0.3 is 5.97 Å². The summed E-state index contributed by atoms with van der Waals surface area (Å²) in [5.41, 5.74) is 4.99. The van der Waals surface area contributed by atoms with Gasteiger partial charge in [-0.05, 0) is 12.1 Å². The van der Waals surface area contributed by atoms with E-state index < -0.39 is 24.2 Å². The maximum absolute atomic E-state index is 14.4. The number of hydrogen-bond acceptors (Lipinski definition) is 4. The minimum absolute atomic E-state index is 0.0316. The lowest BCUT2D eigenvalue weighted by atomic mass is 10.1. The van der Waals surface area contributed by atoms with Crippen molar-refractivity contribution in [1.29, 1.82) is 0 Å². The Bertz CT molecular complexity index is 753. The zero-order chi connectivity index (χ0) is 16.4. The summed E-state index contributed by atoms with van der Waals surface area (Å²) in [7, 11) is 1.20. The van der Waals surface area contributed by atoms with Gasteiger partial charge in [-0.25, -0.2) is 18.6 Å². The number of nitrogen functional groups attached to an aromatic ring is 1. The van der Waals surface area contributed by atoms with Crippen molar-refractivity contribution in [3.63, 3.8) is 0 Å². The van der Waals surface area contributed by atoms with Crippen molar-refractivity contribution in [1.82, 2.24) is 4.98 Å². The minimum atomic E-state index is -1.40. The fourth-order valence-corrected chi connectivity index (χ4v) is 2.13. The zero-order valence-corrected chi connectivity index (χ0v) is 12.1. The number of halogens is 3. The van der Waals surface area contributed by atoms with Crippen molar-refractivity contribution in [2.24, 2.45) is 0 Å². The molecule has 0 radical (unpaired) electrons. The van der Waals surface area contributed by atoms with Crippen LogP contribution in [0.2, 0.25) is 5.02 Å². The predicted molar refractivity (Wildman–Crippen MR) is 77.4 cm³/mol. The molecule has 2 aromatic rings. The number of aromatic carboxylic acids is 1. The molecule has 0 aliphatic rings. The maximum atomic E-state index is 14.4.